The number of rotatable bonds is 3. The Morgan fingerprint density at radius 3 is 2.00 bits per heavy atom. The van der Waals surface area contributed by atoms with Crippen LogP contribution in [0.2, 0.25) is 0 Å². The third-order valence-corrected chi connectivity index (χ3v) is 1.02. The zero-order valence-corrected chi connectivity index (χ0v) is 9.50. The van der Waals surface area contributed by atoms with Gasteiger partial charge < -0.3 is 10.9 Å². The molecule has 0 N–H and O–H groups in total. The standard InChI is InChI=1S/C6H7FO5.Na.H/c1-11-5(9)3(7)4(8)6(10)12-2;;/h3H,1-2H3;;/q;+1;-1. The molecule has 0 aliphatic carbocycles. The summed E-state index contributed by atoms with van der Waals surface area (Å²) in [5, 5.41) is 0. The van der Waals surface area contributed by atoms with E-state index >= 15 is 0 Å². The molecule has 1 unspecified atom stereocenters. The minimum Gasteiger partial charge on any atom is -1.00 e. The molecule has 0 spiro atoms. The van der Waals surface area contributed by atoms with Crippen molar-refractivity contribution in [3.63, 3.8) is 0 Å². The minimum absolute atomic E-state index is 0. The van der Waals surface area contributed by atoms with Gasteiger partial charge in [-0.2, -0.15) is 0 Å². The first-order valence-electron chi connectivity index (χ1n) is 2.88. The third kappa shape index (κ3) is 4.35. The van der Waals surface area contributed by atoms with E-state index < -0.39 is 23.9 Å². The molecule has 1 atom stereocenters. The Labute approximate surface area is 97.3 Å². The summed E-state index contributed by atoms with van der Waals surface area (Å²) in [6, 6.07) is 0. The maximum Gasteiger partial charge on any atom is 1.00 e. The summed E-state index contributed by atoms with van der Waals surface area (Å²) in [4.78, 5) is 31.2. The maximum absolute atomic E-state index is 12.5. The van der Waals surface area contributed by atoms with Crippen molar-refractivity contribution >= 4 is 17.7 Å². The molecule has 0 aromatic rings. The van der Waals surface area contributed by atoms with Gasteiger partial charge in [0.1, 0.15) is 0 Å². The number of carbonyl (C=O) groups excluding carboxylic acids is 3. The topological polar surface area (TPSA) is 69.7 Å². The Bertz CT molecular complexity index is 222. The van der Waals surface area contributed by atoms with Crippen LogP contribution in [0.5, 0.6) is 0 Å². The van der Waals surface area contributed by atoms with Crippen LogP contribution in [0.4, 0.5) is 4.39 Å². The summed E-state index contributed by atoms with van der Waals surface area (Å²) >= 11 is 0. The second-order valence-electron chi connectivity index (χ2n) is 1.74. The second kappa shape index (κ2) is 6.99. The van der Waals surface area contributed by atoms with Crippen molar-refractivity contribution in [2.75, 3.05) is 14.2 Å². The van der Waals surface area contributed by atoms with Crippen LogP contribution in [0, 0.1) is 0 Å². The number of carbonyl (C=O) groups is 3. The number of halogens is 1. The van der Waals surface area contributed by atoms with Gasteiger partial charge in [0.05, 0.1) is 14.2 Å². The minimum atomic E-state index is -2.59. The molecule has 13 heavy (non-hydrogen) atoms. The average Bonchev–Trinajstić information content (AvgIpc) is 2.12. The molecule has 0 aliphatic heterocycles. The largest absolute Gasteiger partial charge is 1.00 e. The molecule has 0 aromatic heterocycles. The molecule has 0 bridgehead atoms. The molecule has 0 saturated heterocycles. The zero-order valence-electron chi connectivity index (χ0n) is 8.50. The second-order valence-corrected chi connectivity index (χ2v) is 1.74. The molecular weight excluding hydrogens is 194 g/mol. The fourth-order valence-electron chi connectivity index (χ4n) is 0.415. The molecule has 7 heteroatoms. The van der Waals surface area contributed by atoms with Crippen molar-refractivity contribution < 1.29 is 59.2 Å². The number of esters is 2. The zero-order chi connectivity index (χ0) is 9.72. The van der Waals surface area contributed by atoms with Crippen molar-refractivity contribution in [1.29, 1.82) is 0 Å². The van der Waals surface area contributed by atoms with E-state index in [2.05, 4.69) is 9.47 Å². The van der Waals surface area contributed by atoms with Gasteiger partial charge in [-0.25, -0.2) is 14.0 Å². The van der Waals surface area contributed by atoms with E-state index in [-0.39, 0.29) is 31.0 Å². The van der Waals surface area contributed by atoms with E-state index in [4.69, 9.17) is 0 Å². The maximum atomic E-state index is 12.5. The number of hydrogen-bond donors (Lipinski definition) is 0. The number of alkyl halides is 1. The molecule has 0 amide bonds. The number of hydrogen-bond acceptors (Lipinski definition) is 5. The van der Waals surface area contributed by atoms with Crippen molar-refractivity contribution in [3.8, 4) is 0 Å². The van der Waals surface area contributed by atoms with Gasteiger partial charge in [-0.1, -0.05) is 0 Å². The van der Waals surface area contributed by atoms with Crippen LogP contribution in [0.1, 0.15) is 1.43 Å². The Morgan fingerprint density at radius 2 is 1.69 bits per heavy atom. The van der Waals surface area contributed by atoms with Gasteiger partial charge in [0, 0.05) is 0 Å². The summed E-state index contributed by atoms with van der Waals surface area (Å²) in [6.07, 6.45) is -2.59. The predicted molar refractivity (Wildman–Crippen MR) is 35.0 cm³/mol. The van der Waals surface area contributed by atoms with Crippen LogP contribution in [0.25, 0.3) is 0 Å². The summed E-state index contributed by atoms with van der Waals surface area (Å²) in [5.74, 6) is -4.39. The Morgan fingerprint density at radius 1 is 1.23 bits per heavy atom. The molecule has 0 saturated carbocycles. The third-order valence-electron chi connectivity index (χ3n) is 1.02. The summed E-state index contributed by atoms with van der Waals surface area (Å²) < 4.78 is 20.3. The number of ether oxygens (including phenoxy) is 2. The van der Waals surface area contributed by atoms with Gasteiger partial charge >= 0.3 is 41.5 Å². The summed E-state index contributed by atoms with van der Waals surface area (Å²) in [7, 11) is 1.81. The van der Waals surface area contributed by atoms with Gasteiger partial charge in [0.2, 0.25) is 0 Å². The smallest absolute Gasteiger partial charge is 1.00 e. The Kier molecular flexibility index (Phi) is 8.09. The molecular formula is C6H8FNaO5. The first-order valence-corrected chi connectivity index (χ1v) is 2.88. The van der Waals surface area contributed by atoms with E-state index in [1.807, 2.05) is 0 Å². The van der Waals surface area contributed by atoms with Crippen LogP contribution in [-0.4, -0.2) is 38.1 Å². The first kappa shape index (κ1) is 15.0. The molecule has 0 heterocycles. The Hall–Kier alpha value is -0.460. The quantitative estimate of drug-likeness (QED) is 0.204. The number of ketones is 1. The molecule has 0 rings (SSSR count). The fraction of sp³-hybridized carbons (Fsp3) is 0.500. The van der Waals surface area contributed by atoms with E-state index in [1.54, 1.807) is 0 Å². The van der Waals surface area contributed by atoms with Crippen molar-refractivity contribution in [1.82, 2.24) is 0 Å². The van der Waals surface area contributed by atoms with Crippen LogP contribution in [0.15, 0.2) is 0 Å². The SMILES string of the molecule is COC(=O)C(=O)C(F)C(=O)OC.[H-].[Na+]. The fourth-order valence-corrected chi connectivity index (χ4v) is 0.415. The monoisotopic (exact) mass is 202 g/mol. The van der Waals surface area contributed by atoms with E-state index in [0.29, 0.717) is 0 Å². The van der Waals surface area contributed by atoms with Gasteiger partial charge in [-0.15, -0.1) is 0 Å². The predicted octanol–water partition coefficient (Wildman–Crippen LogP) is -3.64. The molecule has 5 nitrogen and oxygen atoms in total. The Balaban J connectivity index is -0.000000605. The number of Topliss-reactive ketones (excluding diaryl/α,β-unsaturated/α-hetero) is 1. The van der Waals surface area contributed by atoms with E-state index in [1.165, 1.54) is 0 Å². The molecule has 0 fully saturated rings. The van der Waals surface area contributed by atoms with Crippen LogP contribution in [-0.2, 0) is 23.9 Å². The van der Waals surface area contributed by atoms with Crippen molar-refractivity contribution in [2.45, 2.75) is 6.17 Å². The van der Waals surface area contributed by atoms with E-state index in [9.17, 15) is 18.8 Å². The molecule has 0 aromatic carbocycles. The molecule has 70 valence electrons. The van der Waals surface area contributed by atoms with Crippen molar-refractivity contribution in [3.05, 3.63) is 0 Å². The van der Waals surface area contributed by atoms with Crippen LogP contribution >= 0.6 is 0 Å². The van der Waals surface area contributed by atoms with Crippen LogP contribution in [0.3, 0.4) is 0 Å². The van der Waals surface area contributed by atoms with E-state index in [0.717, 1.165) is 14.2 Å². The first-order chi connectivity index (χ1) is 5.54. The number of methoxy groups -OCH3 is 2. The summed E-state index contributed by atoms with van der Waals surface area (Å²) in [6.45, 7) is 0. The molecule has 0 aliphatic rings. The van der Waals surface area contributed by atoms with Gasteiger partial charge in [0.15, 0.2) is 0 Å². The summed E-state index contributed by atoms with van der Waals surface area (Å²) in [5.41, 5.74) is 0. The van der Waals surface area contributed by atoms with Gasteiger partial charge in [0.25, 0.3) is 12.0 Å². The van der Waals surface area contributed by atoms with Crippen molar-refractivity contribution in [2.24, 2.45) is 0 Å². The van der Waals surface area contributed by atoms with Gasteiger partial charge in [-0.05, 0) is 0 Å². The van der Waals surface area contributed by atoms with Crippen LogP contribution < -0.4 is 29.6 Å². The molecule has 0 radical (unpaired) electrons. The van der Waals surface area contributed by atoms with Gasteiger partial charge in [-0.3, -0.25) is 4.79 Å². The normalized spacial score (nSPS) is 10.7. The average molecular weight is 202 g/mol.